The van der Waals surface area contributed by atoms with Crippen LogP contribution in [-0.2, 0) is 5.41 Å². The van der Waals surface area contributed by atoms with Crippen LogP contribution in [-0.4, -0.2) is 0 Å². The minimum Gasteiger partial charge on any atom is -0.397 e. The standard InChI is InChI=1S/C42H36N2/c1-26-16-23-36-35(24-26)30-22-19-28(25-37(30)42(36,2)3)41-33-12-6-4-10-31(33)40(32-11-5-7-13-34(32)41)27-17-20-29(21-18-27)44-39-15-9-8-14-38(39)43/h4-7,10-25,44H,8-9,43H2,1-3H3. The van der Waals surface area contributed by atoms with E-state index in [1.807, 2.05) is 0 Å². The molecule has 0 radical (unpaired) electrons. The Hall–Kier alpha value is -5.08. The van der Waals surface area contributed by atoms with Gasteiger partial charge in [0.15, 0.2) is 0 Å². The molecule has 44 heavy (non-hydrogen) atoms. The van der Waals surface area contributed by atoms with Crippen molar-refractivity contribution in [2.75, 3.05) is 5.32 Å². The van der Waals surface area contributed by atoms with Crippen LogP contribution in [0.3, 0.4) is 0 Å². The summed E-state index contributed by atoms with van der Waals surface area (Å²) >= 11 is 0. The van der Waals surface area contributed by atoms with Crippen LogP contribution in [0.15, 0.2) is 133 Å². The first-order valence-electron chi connectivity index (χ1n) is 15.6. The van der Waals surface area contributed by atoms with Gasteiger partial charge in [-0.15, -0.1) is 0 Å². The molecule has 214 valence electrons. The third-order valence-corrected chi connectivity index (χ3v) is 9.69. The summed E-state index contributed by atoms with van der Waals surface area (Å²) in [5.41, 5.74) is 20.9. The van der Waals surface area contributed by atoms with Gasteiger partial charge in [-0.3, -0.25) is 0 Å². The summed E-state index contributed by atoms with van der Waals surface area (Å²) in [7, 11) is 0. The normalized spacial score (nSPS) is 15.1. The number of benzene rings is 6. The van der Waals surface area contributed by atoms with E-state index in [9.17, 15) is 0 Å². The second-order valence-electron chi connectivity index (χ2n) is 12.8. The second-order valence-corrected chi connectivity index (χ2v) is 12.8. The summed E-state index contributed by atoms with van der Waals surface area (Å²) in [4.78, 5) is 0. The predicted molar refractivity (Wildman–Crippen MR) is 188 cm³/mol. The molecule has 6 aromatic carbocycles. The lowest BCUT2D eigenvalue weighted by Gasteiger charge is -2.23. The Balaban J connectivity index is 1.30. The van der Waals surface area contributed by atoms with Gasteiger partial charge in [0.1, 0.15) is 0 Å². The molecule has 8 rings (SSSR count). The van der Waals surface area contributed by atoms with E-state index in [0.29, 0.717) is 0 Å². The van der Waals surface area contributed by atoms with Crippen LogP contribution in [0.25, 0.3) is 54.9 Å². The highest BCUT2D eigenvalue weighted by molar-refractivity contribution is 6.21. The Morgan fingerprint density at radius 2 is 1.18 bits per heavy atom. The van der Waals surface area contributed by atoms with Crippen LogP contribution < -0.4 is 11.1 Å². The minimum atomic E-state index is -0.0518. The maximum Gasteiger partial charge on any atom is 0.0574 e. The van der Waals surface area contributed by atoms with Gasteiger partial charge in [0.05, 0.1) is 11.4 Å². The van der Waals surface area contributed by atoms with Crippen LogP contribution in [0.2, 0.25) is 0 Å². The van der Waals surface area contributed by atoms with Crippen molar-refractivity contribution in [3.05, 3.63) is 149 Å². The second kappa shape index (κ2) is 9.99. The third kappa shape index (κ3) is 4.09. The number of nitrogens with two attached hydrogens (primary N) is 1. The number of hydrogen-bond acceptors (Lipinski definition) is 2. The monoisotopic (exact) mass is 568 g/mol. The molecule has 0 saturated heterocycles. The molecule has 2 aliphatic carbocycles. The molecule has 6 aromatic rings. The molecule has 0 unspecified atom stereocenters. The summed E-state index contributed by atoms with van der Waals surface area (Å²) in [5.74, 6) is 0. The van der Waals surface area contributed by atoms with E-state index in [1.54, 1.807) is 0 Å². The number of hydrogen-bond donors (Lipinski definition) is 2. The zero-order chi connectivity index (χ0) is 30.0. The summed E-state index contributed by atoms with van der Waals surface area (Å²) < 4.78 is 0. The Kier molecular flexibility index (Phi) is 6.03. The highest BCUT2D eigenvalue weighted by Gasteiger charge is 2.35. The molecule has 0 heterocycles. The highest BCUT2D eigenvalue weighted by Crippen LogP contribution is 2.51. The van der Waals surface area contributed by atoms with Crippen molar-refractivity contribution < 1.29 is 0 Å². The van der Waals surface area contributed by atoms with E-state index in [-0.39, 0.29) is 5.41 Å². The maximum absolute atomic E-state index is 6.24. The summed E-state index contributed by atoms with van der Waals surface area (Å²) in [5, 5.41) is 8.60. The molecule has 0 atom stereocenters. The average molecular weight is 569 g/mol. The van der Waals surface area contributed by atoms with Crippen LogP contribution in [0.5, 0.6) is 0 Å². The molecule has 0 aromatic heterocycles. The molecule has 3 N–H and O–H groups in total. The van der Waals surface area contributed by atoms with Gasteiger partial charge in [0.2, 0.25) is 0 Å². The van der Waals surface area contributed by atoms with Crippen molar-refractivity contribution in [1.82, 2.24) is 0 Å². The van der Waals surface area contributed by atoms with Gasteiger partial charge in [0.25, 0.3) is 0 Å². The Morgan fingerprint density at radius 1 is 0.591 bits per heavy atom. The molecule has 2 aliphatic rings. The maximum atomic E-state index is 6.24. The first kappa shape index (κ1) is 26.5. The number of allylic oxidation sites excluding steroid dienone is 2. The van der Waals surface area contributed by atoms with Crippen molar-refractivity contribution in [2.45, 2.75) is 39.0 Å². The van der Waals surface area contributed by atoms with E-state index in [4.69, 9.17) is 5.73 Å². The van der Waals surface area contributed by atoms with E-state index < -0.39 is 0 Å². The largest absolute Gasteiger partial charge is 0.397 e. The fourth-order valence-electron chi connectivity index (χ4n) is 7.47. The third-order valence-electron chi connectivity index (χ3n) is 9.69. The molecular formula is C42H36N2. The van der Waals surface area contributed by atoms with E-state index in [1.165, 1.54) is 71.6 Å². The Bertz CT molecular complexity index is 2120. The van der Waals surface area contributed by atoms with Crippen molar-refractivity contribution in [3.8, 4) is 33.4 Å². The molecule has 0 saturated carbocycles. The van der Waals surface area contributed by atoms with Gasteiger partial charge >= 0.3 is 0 Å². The van der Waals surface area contributed by atoms with Gasteiger partial charge in [-0.1, -0.05) is 123 Å². The zero-order valence-electron chi connectivity index (χ0n) is 25.5. The molecule has 2 heteroatoms. The Morgan fingerprint density at radius 3 is 1.82 bits per heavy atom. The number of fused-ring (bicyclic) bond motifs is 5. The zero-order valence-corrected chi connectivity index (χ0v) is 25.5. The number of nitrogens with one attached hydrogen (secondary N) is 1. The Labute approximate surface area is 259 Å². The van der Waals surface area contributed by atoms with E-state index in [2.05, 4.69) is 147 Å². The van der Waals surface area contributed by atoms with Crippen molar-refractivity contribution in [1.29, 1.82) is 0 Å². The molecule has 0 aliphatic heterocycles. The van der Waals surface area contributed by atoms with Crippen LogP contribution >= 0.6 is 0 Å². The van der Waals surface area contributed by atoms with Crippen LogP contribution in [0, 0.1) is 6.92 Å². The van der Waals surface area contributed by atoms with Crippen molar-refractivity contribution in [2.24, 2.45) is 5.73 Å². The lowest BCUT2D eigenvalue weighted by molar-refractivity contribution is 0.660. The smallest absolute Gasteiger partial charge is 0.0574 e. The minimum absolute atomic E-state index is 0.0518. The lowest BCUT2D eigenvalue weighted by atomic mass is 9.80. The highest BCUT2D eigenvalue weighted by atomic mass is 14.9. The summed E-state index contributed by atoms with van der Waals surface area (Å²) in [6.07, 6.45) is 6.30. The van der Waals surface area contributed by atoms with E-state index in [0.717, 1.165) is 29.9 Å². The molecule has 0 fully saturated rings. The van der Waals surface area contributed by atoms with E-state index >= 15 is 0 Å². The quantitative estimate of drug-likeness (QED) is 0.208. The van der Waals surface area contributed by atoms with Crippen LogP contribution in [0.4, 0.5) is 5.69 Å². The molecule has 0 amide bonds. The summed E-state index contributed by atoms with van der Waals surface area (Å²) in [6.45, 7) is 6.92. The number of anilines is 1. The fraction of sp³-hybridized carbons (Fsp3) is 0.143. The van der Waals surface area contributed by atoms with Crippen LogP contribution in [0.1, 0.15) is 43.4 Å². The number of aryl methyl sites for hydroxylation is 1. The average Bonchev–Trinajstić information content (AvgIpc) is 3.26. The molecular weight excluding hydrogens is 532 g/mol. The lowest BCUT2D eigenvalue weighted by Crippen LogP contribution is -2.15. The first-order chi connectivity index (χ1) is 21.4. The van der Waals surface area contributed by atoms with Gasteiger partial charge in [-0.2, -0.15) is 0 Å². The van der Waals surface area contributed by atoms with Crippen molar-refractivity contribution in [3.63, 3.8) is 0 Å². The molecule has 2 nitrogen and oxygen atoms in total. The number of rotatable bonds is 4. The van der Waals surface area contributed by atoms with Gasteiger partial charge < -0.3 is 11.1 Å². The SMILES string of the molecule is Cc1ccc2c(c1)-c1ccc(-c3c4ccccc4c(-c4ccc(NC5=CCCC=C5N)cc4)c4ccccc34)cc1C2(C)C. The van der Waals surface area contributed by atoms with Crippen molar-refractivity contribution >= 4 is 27.2 Å². The first-order valence-corrected chi connectivity index (χ1v) is 15.6. The fourth-order valence-corrected chi connectivity index (χ4v) is 7.47. The van der Waals surface area contributed by atoms with Gasteiger partial charge in [0, 0.05) is 11.1 Å². The predicted octanol–water partition coefficient (Wildman–Crippen LogP) is 10.9. The molecule has 0 spiro atoms. The summed E-state index contributed by atoms with van der Waals surface area (Å²) in [6, 6.07) is 40.7. The van der Waals surface area contributed by atoms with Gasteiger partial charge in [-0.05, 0) is 104 Å². The molecule has 0 bridgehead atoms. The van der Waals surface area contributed by atoms with Gasteiger partial charge in [-0.25, -0.2) is 0 Å². The topological polar surface area (TPSA) is 38.0 Å².